The highest BCUT2D eigenvalue weighted by molar-refractivity contribution is 5.79. The maximum absolute atomic E-state index is 5.42. The highest BCUT2D eigenvalue weighted by Crippen LogP contribution is 2.19. The van der Waals surface area contributed by atoms with Crippen LogP contribution in [0.5, 0.6) is 0 Å². The number of hydrogen-bond acceptors (Lipinski definition) is 2. The summed E-state index contributed by atoms with van der Waals surface area (Å²) < 4.78 is 5.42. The van der Waals surface area contributed by atoms with Gasteiger partial charge in [-0.2, -0.15) is 0 Å². The summed E-state index contributed by atoms with van der Waals surface area (Å²) in [4.78, 5) is 3.23. The molecular formula is C16H22N2O. The zero-order valence-electron chi connectivity index (χ0n) is 11.5. The monoisotopic (exact) mass is 258 g/mol. The highest BCUT2D eigenvalue weighted by Gasteiger charge is 2.19. The second-order valence-corrected chi connectivity index (χ2v) is 5.52. The van der Waals surface area contributed by atoms with E-state index in [0.29, 0.717) is 6.04 Å². The van der Waals surface area contributed by atoms with E-state index in [1.807, 2.05) is 6.20 Å². The molecule has 1 atom stereocenters. The van der Waals surface area contributed by atoms with Gasteiger partial charge in [0.05, 0.1) is 0 Å². The summed E-state index contributed by atoms with van der Waals surface area (Å²) in [6.07, 6.45) is 4.36. The molecule has 19 heavy (non-hydrogen) atoms. The van der Waals surface area contributed by atoms with E-state index in [9.17, 15) is 0 Å². The first-order chi connectivity index (χ1) is 9.33. The lowest BCUT2D eigenvalue weighted by atomic mass is 9.93. The molecule has 3 nitrogen and oxygen atoms in total. The quantitative estimate of drug-likeness (QED) is 0.884. The predicted molar refractivity (Wildman–Crippen MR) is 78.1 cm³/mol. The summed E-state index contributed by atoms with van der Waals surface area (Å²) >= 11 is 0. The van der Waals surface area contributed by atoms with Crippen LogP contribution in [0.4, 0.5) is 0 Å². The van der Waals surface area contributed by atoms with Crippen molar-refractivity contribution in [1.82, 2.24) is 10.3 Å². The molecule has 0 radical (unpaired) electrons. The first-order valence-electron chi connectivity index (χ1n) is 7.20. The van der Waals surface area contributed by atoms with Gasteiger partial charge >= 0.3 is 0 Å². The van der Waals surface area contributed by atoms with Crippen LogP contribution in [0.15, 0.2) is 30.5 Å². The predicted octanol–water partition coefficient (Wildman–Crippen LogP) is 3.07. The molecule has 1 aliphatic heterocycles. The Hall–Kier alpha value is -1.32. The second-order valence-electron chi connectivity index (χ2n) is 5.52. The summed E-state index contributed by atoms with van der Waals surface area (Å²) in [6, 6.07) is 9.30. The third-order valence-electron chi connectivity index (χ3n) is 4.22. The van der Waals surface area contributed by atoms with E-state index in [-0.39, 0.29) is 0 Å². The lowest BCUT2D eigenvalue weighted by Crippen LogP contribution is -2.36. The molecule has 2 heterocycles. The highest BCUT2D eigenvalue weighted by atomic mass is 16.5. The molecule has 1 saturated heterocycles. The summed E-state index contributed by atoms with van der Waals surface area (Å²) in [5.74, 6) is 0.754. The smallest absolute Gasteiger partial charge is 0.0469 e. The Morgan fingerprint density at radius 1 is 1.32 bits per heavy atom. The average Bonchev–Trinajstić information content (AvgIpc) is 2.93. The lowest BCUT2D eigenvalue weighted by molar-refractivity contribution is 0.0558. The molecular weight excluding hydrogens is 236 g/mol. The zero-order valence-corrected chi connectivity index (χ0v) is 11.5. The minimum absolute atomic E-state index is 0.561. The third-order valence-corrected chi connectivity index (χ3v) is 4.22. The first-order valence-corrected chi connectivity index (χ1v) is 7.20. The van der Waals surface area contributed by atoms with Gasteiger partial charge in [-0.05, 0) is 54.8 Å². The van der Waals surface area contributed by atoms with Crippen LogP contribution < -0.4 is 5.32 Å². The van der Waals surface area contributed by atoms with Crippen molar-refractivity contribution in [2.24, 2.45) is 5.92 Å². The Labute approximate surface area is 114 Å². The van der Waals surface area contributed by atoms with Crippen molar-refractivity contribution in [3.8, 4) is 0 Å². The van der Waals surface area contributed by atoms with Gasteiger partial charge in [-0.1, -0.05) is 6.07 Å². The van der Waals surface area contributed by atoms with Gasteiger partial charge in [-0.25, -0.2) is 0 Å². The standard InChI is InChI=1S/C16H22N2O/c1-12(14-5-8-19-9-6-14)18-11-13-2-3-16-15(10-13)4-7-17-16/h2-4,7,10,12,14,17-18H,5-6,8-9,11H2,1H3. The van der Waals surface area contributed by atoms with E-state index in [1.54, 1.807) is 0 Å². The van der Waals surface area contributed by atoms with E-state index in [4.69, 9.17) is 4.74 Å². The number of ether oxygens (including phenoxy) is 1. The van der Waals surface area contributed by atoms with Crippen LogP contribution in [0.1, 0.15) is 25.3 Å². The van der Waals surface area contributed by atoms with Gasteiger partial charge in [0.2, 0.25) is 0 Å². The molecule has 0 saturated carbocycles. The second kappa shape index (κ2) is 5.76. The molecule has 3 rings (SSSR count). The van der Waals surface area contributed by atoms with E-state index in [0.717, 1.165) is 25.7 Å². The van der Waals surface area contributed by atoms with E-state index in [1.165, 1.54) is 29.3 Å². The van der Waals surface area contributed by atoms with Gasteiger partial charge in [0.15, 0.2) is 0 Å². The summed E-state index contributed by atoms with van der Waals surface area (Å²) in [5.41, 5.74) is 2.56. The molecule has 0 bridgehead atoms. The van der Waals surface area contributed by atoms with Crippen LogP contribution in [0, 0.1) is 5.92 Å². The van der Waals surface area contributed by atoms with E-state index < -0.39 is 0 Å². The average molecular weight is 258 g/mol. The van der Waals surface area contributed by atoms with Gasteiger partial charge < -0.3 is 15.0 Å². The molecule has 1 unspecified atom stereocenters. The maximum atomic E-state index is 5.42. The fourth-order valence-corrected chi connectivity index (χ4v) is 2.87. The minimum atomic E-state index is 0.561. The maximum Gasteiger partial charge on any atom is 0.0469 e. The molecule has 0 aliphatic carbocycles. The van der Waals surface area contributed by atoms with Crippen molar-refractivity contribution >= 4 is 10.9 Å². The van der Waals surface area contributed by atoms with Crippen molar-refractivity contribution in [3.63, 3.8) is 0 Å². The van der Waals surface area contributed by atoms with Crippen molar-refractivity contribution < 1.29 is 4.74 Å². The molecule has 1 aromatic carbocycles. The van der Waals surface area contributed by atoms with Gasteiger partial charge in [0.25, 0.3) is 0 Å². The van der Waals surface area contributed by atoms with Gasteiger partial charge in [0, 0.05) is 37.5 Å². The molecule has 2 aromatic rings. The molecule has 1 fully saturated rings. The van der Waals surface area contributed by atoms with Gasteiger partial charge in [-0.15, -0.1) is 0 Å². The van der Waals surface area contributed by atoms with Crippen LogP contribution >= 0.6 is 0 Å². The SMILES string of the molecule is CC(NCc1ccc2[nH]ccc2c1)C1CCOCC1. The number of nitrogens with one attached hydrogen (secondary N) is 2. The Kier molecular flexibility index (Phi) is 3.85. The van der Waals surface area contributed by atoms with Crippen molar-refractivity contribution in [1.29, 1.82) is 0 Å². The molecule has 3 heteroatoms. The van der Waals surface area contributed by atoms with E-state index in [2.05, 4.69) is 41.5 Å². The molecule has 1 aliphatic rings. The largest absolute Gasteiger partial charge is 0.381 e. The van der Waals surface area contributed by atoms with Gasteiger partial charge in [-0.3, -0.25) is 0 Å². The zero-order chi connectivity index (χ0) is 13.1. The number of benzene rings is 1. The molecule has 102 valence electrons. The van der Waals surface area contributed by atoms with Crippen LogP contribution in [-0.2, 0) is 11.3 Å². The lowest BCUT2D eigenvalue weighted by Gasteiger charge is -2.28. The van der Waals surface area contributed by atoms with Crippen LogP contribution in [0.25, 0.3) is 10.9 Å². The topological polar surface area (TPSA) is 37.0 Å². The Balaban J connectivity index is 1.58. The minimum Gasteiger partial charge on any atom is -0.381 e. The Morgan fingerprint density at radius 3 is 3.00 bits per heavy atom. The summed E-state index contributed by atoms with van der Waals surface area (Å²) in [7, 11) is 0. The van der Waals surface area contributed by atoms with Crippen LogP contribution in [-0.4, -0.2) is 24.2 Å². The third kappa shape index (κ3) is 2.99. The van der Waals surface area contributed by atoms with Crippen LogP contribution in [0.2, 0.25) is 0 Å². The van der Waals surface area contributed by atoms with Gasteiger partial charge in [0.1, 0.15) is 0 Å². The normalized spacial score (nSPS) is 18.8. The first kappa shape index (κ1) is 12.7. The number of aromatic amines is 1. The van der Waals surface area contributed by atoms with Crippen molar-refractivity contribution in [2.45, 2.75) is 32.4 Å². The van der Waals surface area contributed by atoms with E-state index >= 15 is 0 Å². The number of fused-ring (bicyclic) bond motifs is 1. The Morgan fingerprint density at radius 2 is 2.16 bits per heavy atom. The number of hydrogen-bond donors (Lipinski definition) is 2. The van der Waals surface area contributed by atoms with Crippen LogP contribution in [0.3, 0.4) is 0 Å². The summed E-state index contributed by atoms with van der Waals surface area (Å²) in [5, 5.41) is 4.95. The summed E-state index contributed by atoms with van der Waals surface area (Å²) in [6.45, 7) is 5.09. The number of H-pyrrole nitrogens is 1. The molecule has 2 N–H and O–H groups in total. The molecule has 0 amide bonds. The molecule has 1 aromatic heterocycles. The number of aromatic nitrogens is 1. The number of rotatable bonds is 4. The fraction of sp³-hybridized carbons (Fsp3) is 0.500. The Bertz CT molecular complexity index is 528. The van der Waals surface area contributed by atoms with Crippen molar-refractivity contribution in [3.05, 3.63) is 36.0 Å². The fourth-order valence-electron chi connectivity index (χ4n) is 2.87. The molecule has 0 spiro atoms. The van der Waals surface area contributed by atoms with Crippen molar-refractivity contribution in [2.75, 3.05) is 13.2 Å².